The molecule has 0 saturated carbocycles. The van der Waals surface area contributed by atoms with Gasteiger partial charge in [-0.15, -0.1) is 0 Å². The Labute approximate surface area is 244 Å². The van der Waals surface area contributed by atoms with Crippen molar-refractivity contribution in [1.29, 1.82) is 0 Å². The molecule has 0 unspecified atom stereocenters. The van der Waals surface area contributed by atoms with Crippen LogP contribution < -0.4 is 51.4 Å². The van der Waals surface area contributed by atoms with Crippen molar-refractivity contribution in [3.8, 4) is 0 Å². The first-order valence-electron chi connectivity index (χ1n) is 10.5. The molecule has 0 atom stereocenters. The molecule has 0 fully saturated rings. The molecule has 0 aliphatic heterocycles. The van der Waals surface area contributed by atoms with Crippen LogP contribution in [0.1, 0.15) is 0 Å². The maximum absolute atomic E-state index is 15.3. The molecule has 0 aliphatic carbocycles. The third kappa shape index (κ3) is 4.65. The Kier molecular flexibility index (Phi) is 9.11. The molecule has 216 valence electrons. The Morgan fingerprint density at radius 2 is 0.429 bits per heavy atom. The normalized spacial score (nSPS) is 11.6. The third-order valence-corrected chi connectivity index (χ3v) is 6.39. The molecule has 0 amide bonds. The van der Waals surface area contributed by atoms with E-state index in [2.05, 4.69) is 0 Å². The maximum Gasteiger partial charge on any atom is 1.00 e. The van der Waals surface area contributed by atoms with Crippen molar-refractivity contribution in [3.05, 3.63) is 117 Å². The number of rotatable bonds is 4. The molecule has 4 rings (SSSR count). The molecule has 0 bridgehead atoms. The van der Waals surface area contributed by atoms with Crippen molar-refractivity contribution in [2.75, 3.05) is 0 Å². The number of halogens is 16. The van der Waals surface area contributed by atoms with Crippen LogP contribution in [0.15, 0.2) is 24.3 Å². The van der Waals surface area contributed by atoms with Crippen LogP contribution in [0, 0.1) is 93.1 Å². The van der Waals surface area contributed by atoms with Crippen LogP contribution in [0.2, 0.25) is 0 Å². The Morgan fingerprint density at radius 1 is 0.262 bits per heavy atom. The molecular weight excluding hydrogens is 626 g/mol. The third-order valence-electron chi connectivity index (χ3n) is 6.39. The Hall–Kier alpha value is -3.18. The van der Waals surface area contributed by atoms with Crippen molar-refractivity contribution < 1.29 is 99.8 Å². The largest absolute Gasteiger partial charge is 1.00 e. The smallest absolute Gasteiger partial charge is 0.207 e. The molecule has 0 radical (unpaired) electrons. The van der Waals surface area contributed by atoms with Gasteiger partial charge in [0.2, 0.25) is 0 Å². The van der Waals surface area contributed by atoms with E-state index in [-0.39, 0.29) is 29.6 Å². The minimum atomic E-state index is -5.62. The monoisotopic (exact) mass is 630 g/mol. The van der Waals surface area contributed by atoms with Gasteiger partial charge in [0.1, 0.15) is 29.4 Å². The summed E-state index contributed by atoms with van der Waals surface area (Å²) in [5.41, 5.74) is -9.06. The van der Waals surface area contributed by atoms with Gasteiger partial charge in [0.05, 0.1) is 0 Å². The van der Waals surface area contributed by atoms with Gasteiger partial charge in [0, 0.05) is 0 Å². The van der Waals surface area contributed by atoms with Gasteiger partial charge in [-0.25, -0.2) is 70.2 Å². The van der Waals surface area contributed by atoms with Gasteiger partial charge in [-0.1, -0.05) is 24.3 Å². The van der Waals surface area contributed by atoms with Crippen LogP contribution >= 0.6 is 0 Å². The van der Waals surface area contributed by atoms with Crippen LogP contribution in [0.4, 0.5) is 70.2 Å². The van der Waals surface area contributed by atoms with Crippen LogP contribution in [0.25, 0.3) is 0 Å². The van der Waals surface area contributed by atoms with E-state index in [9.17, 15) is 52.7 Å². The molecule has 0 saturated heterocycles. The minimum Gasteiger partial charge on any atom is -0.207 e. The summed E-state index contributed by atoms with van der Waals surface area (Å²) in [7, 11) is 0. The first kappa shape index (κ1) is 33.3. The predicted octanol–water partition coefficient (Wildman–Crippen LogP) is 2.29. The molecular formula is C24H4BF16Na. The van der Waals surface area contributed by atoms with Crippen molar-refractivity contribution in [1.82, 2.24) is 0 Å². The average molecular weight is 630 g/mol. The van der Waals surface area contributed by atoms with Crippen molar-refractivity contribution in [2.45, 2.75) is 0 Å². The first-order chi connectivity index (χ1) is 19.0. The van der Waals surface area contributed by atoms with Gasteiger partial charge < -0.3 is 0 Å². The fourth-order valence-corrected chi connectivity index (χ4v) is 4.63. The fourth-order valence-electron chi connectivity index (χ4n) is 4.63. The van der Waals surface area contributed by atoms with E-state index in [1.54, 1.807) is 0 Å². The molecule has 4 aromatic carbocycles. The van der Waals surface area contributed by atoms with E-state index in [0.29, 0.717) is 0 Å². The summed E-state index contributed by atoms with van der Waals surface area (Å²) in [6.07, 6.45) is -5.62. The van der Waals surface area contributed by atoms with E-state index < -0.39 is 145 Å². The average Bonchev–Trinajstić information content (AvgIpc) is 2.94. The summed E-state index contributed by atoms with van der Waals surface area (Å²) >= 11 is 0. The Balaban J connectivity index is 0.00000484. The summed E-state index contributed by atoms with van der Waals surface area (Å²) < 4.78 is 232. The van der Waals surface area contributed by atoms with Crippen LogP contribution in [0.5, 0.6) is 0 Å². The van der Waals surface area contributed by atoms with Crippen molar-refractivity contribution in [2.24, 2.45) is 0 Å². The molecule has 18 heteroatoms. The second-order valence-electron chi connectivity index (χ2n) is 8.42. The van der Waals surface area contributed by atoms with E-state index >= 15 is 17.6 Å². The van der Waals surface area contributed by atoms with Gasteiger partial charge in [-0.05, 0) is 0 Å². The van der Waals surface area contributed by atoms with Gasteiger partial charge in [-0.3, -0.25) is 0 Å². The van der Waals surface area contributed by atoms with Gasteiger partial charge >= 0.3 is 29.6 Å². The summed E-state index contributed by atoms with van der Waals surface area (Å²) in [5, 5.41) is 0. The number of benzene rings is 4. The van der Waals surface area contributed by atoms with E-state index in [1.165, 1.54) is 0 Å². The van der Waals surface area contributed by atoms with Crippen LogP contribution in [-0.2, 0) is 0 Å². The van der Waals surface area contributed by atoms with E-state index in [1.807, 2.05) is 0 Å². The molecule has 0 aliphatic rings. The zero-order valence-corrected chi connectivity index (χ0v) is 21.9. The van der Waals surface area contributed by atoms with Gasteiger partial charge in [-0.2, -0.15) is 21.9 Å². The van der Waals surface area contributed by atoms with Crippen LogP contribution in [-0.4, -0.2) is 6.15 Å². The second kappa shape index (κ2) is 11.5. The number of hydrogen-bond acceptors (Lipinski definition) is 0. The summed E-state index contributed by atoms with van der Waals surface area (Å²) in [6, 6.07) is -2.49. The maximum atomic E-state index is 15.3. The quantitative estimate of drug-likeness (QED) is 0.141. The summed E-state index contributed by atoms with van der Waals surface area (Å²) in [4.78, 5) is 0. The molecule has 4 aromatic rings. The second-order valence-corrected chi connectivity index (χ2v) is 8.42. The molecule has 0 spiro atoms. The molecule has 0 N–H and O–H groups in total. The van der Waals surface area contributed by atoms with Crippen molar-refractivity contribution >= 4 is 28.0 Å². The topological polar surface area (TPSA) is 0 Å². The Morgan fingerprint density at radius 3 is 0.595 bits per heavy atom. The summed E-state index contributed by atoms with van der Waals surface area (Å²) in [6.45, 7) is 0. The zero-order valence-electron chi connectivity index (χ0n) is 19.9. The predicted molar refractivity (Wildman–Crippen MR) is 109 cm³/mol. The minimum absolute atomic E-state index is 0. The van der Waals surface area contributed by atoms with E-state index in [4.69, 9.17) is 0 Å². The van der Waals surface area contributed by atoms with Crippen LogP contribution in [0.3, 0.4) is 0 Å². The molecule has 0 nitrogen and oxygen atoms in total. The zero-order chi connectivity index (χ0) is 30.9. The van der Waals surface area contributed by atoms with E-state index in [0.717, 1.165) is 0 Å². The molecule has 0 heterocycles. The molecule has 0 aromatic heterocycles. The Bertz CT molecular complexity index is 1510. The molecule has 42 heavy (non-hydrogen) atoms. The van der Waals surface area contributed by atoms with Gasteiger partial charge in [0.25, 0.3) is 0 Å². The first-order valence-corrected chi connectivity index (χ1v) is 10.5. The summed E-state index contributed by atoms with van der Waals surface area (Å²) in [5.74, 6) is -44.3. The SMILES string of the molecule is Fc1cc([B-](c2cc(F)c(F)c(F)c2F)(c2cc(F)c(F)c(F)c2F)c2cc(F)c(F)c(F)c2F)c(F)c(F)c1F.[Na+]. The van der Waals surface area contributed by atoms with Gasteiger partial charge in [0.15, 0.2) is 69.8 Å². The number of hydrogen-bond donors (Lipinski definition) is 0. The fraction of sp³-hybridized carbons (Fsp3) is 0. The standard InChI is InChI=1S/C24H4BF16.Na/c26-9-1-5(13(30)21(38)17(9)34)25(6-2-10(27)18(35)22(39)14(6)31,7-3-11(28)19(36)23(40)15(7)32)8-4-12(29)20(37)24(41)16(8)33;/h1-4H;/q-1;+1. The van der Waals surface area contributed by atoms with Crippen molar-refractivity contribution in [3.63, 3.8) is 0 Å².